The fourth-order valence-electron chi connectivity index (χ4n) is 3.54. The van der Waals surface area contributed by atoms with E-state index in [0.717, 1.165) is 33.7 Å². The number of benzene rings is 2. The molecule has 0 fully saturated rings. The molecular weight excluding hydrogens is 360 g/mol. The summed E-state index contributed by atoms with van der Waals surface area (Å²) in [5, 5.41) is 4.75. The SMILES string of the molecule is CC(=O)C[C@@H]1N=C(c2ccc(C)cc2)c2c(Cl)cccc2-c2c(C)noc21. The zero-order valence-electron chi connectivity index (χ0n) is 15.4. The van der Waals surface area contributed by atoms with Gasteiger partial charge in [-0.3, -0.25) is 9.79 Å². The van der Waals surface area contributed by atoms with Gasteiger partial charge in [-0.05, 0) is 32.4 Å². The van der Waals surface area contributed by atoms with Crippen molar-refractivity contribution in [3.8, 4) is 11.1 Å². The fraction of sp³-hybridized carbons (Fsp3) is 0.227. The lowest BCUT2D eigenvalue weighted by Crippen LogP contribution is -2.08. The predicted octanol–water partition coefficient (Wildman–Crippen LogP) is 5.48. The van der Waals surface area contributed by atoms with E-state index < -0.39 is 6.04 Å². The van der Waals surface area contributed by atoms with Crippen molar-refractivity contribution in [3.05, 3.63) is 75.6 Å². The topological polar surface area (TPSA) is 55.5 Å². The molecule has 2 aromatic carbocycles. The average Bonchev–Trinajstić information content (AvgIpc) is 2.94. The van der Waals surface area contributed by atoms with Crippen LogP contribution in [0.3, 0.4) is 0 Å². The highest BCUT2D eigenvalue weighted by molar-refractivity contribution is 6.36. The Balaban J connectivity index is 2.04. The van der Waals surface area contributed by atoms with Gasteiger partial charge in [0.2, 0.25) is 0 Å². The molecule has 136 valence electrons. The zero-order chi connectivity index (χ0) is 19.1. The molecule has 2 heterocycles. The number of rotatable bonds is 3. The summed E-state index contributed by atoms with van der Waals surface area (Å²) in [6, 6.07) is 13.5. The molecule has 0 amide bonds. The van der Waals surface area contributed by atoms with Crippen molar-refractivity contribution in [1.29, 1.82) is 0 Å². The number of ketones is 1. The molecule has 0 unspecified atom stereocenters. The minimum atomic E-state index is -0.432. The van der Waals surface area contributed by atoms with Crippen LogP contribution in [0.1, 0.15) is 47.5 Å². The first kappa shape index (κ1) is 17.7. The molecule has 0 radical (unpaired) electrons. The van der Waals surface area contributed by atoms with Crippen LogP contribution in [0, 0.1) is 13.8 Å². The Bertz CT molecular complexity index is 1060. The number of aliphatic imine (C=N–C) groups is 1. The highest BCUT2D eigenvalue weighted by atomic mass is 35.5. The number of carbonyl (C=O) groups is 1. The molecule has 0 aliphatic carbocycles. The summed E-state index contributed by atoms with van der Waals surface area (Å²) in [4.78, 5) is 16.9. The molecule has 1 atom stereocenters. The lowest BCUT2D eigenvalue weighted by Gasteiger charge is -2.13. The summed E-state index contributed by atoms with van der Waals surface area (Å²) in [6.07, 6.45) is 0.253. The standard InChI is InChI=1S/C22H19ClN2O2/c1-12-7-9-15(10-8-12)21-20-16(5-4-6-17(20)23)19-14(3)25-27-22(19)18(24-21)11-13(2)26/h4-10,18H,11H2,1-3H3/t18-/m0/s1. The van der Waals surface area contributed by atoms with Crippen molar-refractivity contribution in [2.75, 3.05) is 0 Å². The van der Waals surface area contributed by atoms with E-state index in [1.54, 1.807) is 6.92 Å². The zero-order valence-corrected chi connectivity index (χ0v) is 16.2. The molecule has 0 spiro atoms. The Morgan fingerprint density at radius 1 is 1.11 bits per heavy atom. The number of carbonyl (C=O) groups excluding carboxylic acids is 1. The van der Waals surface area contributed by atoms with Crippen molar-refractivity contribution in [2.45, 2.75) is 33.2 Å². The lowest BCUT2D eigenvalue weighted by molar-refractivity contribution is -0.117. The maximum Gasteiger partial charge on any atom is 0.169 e. The van der Waals surface area contributed by atoms with Crippen molar-refractivity contribution < 1.29 is 9.32 Å². The molecule has 0 bridgehead atoms. The highest BCUT2D eigenvalue weighted by Crippen LogP contribution is 2.42. The number of aromatic nitrogens is 1. The molecule has 1 aliphatic rings. The van der Waals surface area contributed by atoms with E-state index in [-0.39, 0.29) is 12.2 Å². The average molecular weight is 379 g/mol. The smallest absolute Gasteiger partial charge is 0.169 e. The second kappa shape index (κ2) is 6.78. The van der Waals surface area contributed by atoms with E-state index in [4.69, 9.17) is 21.1 Å². The van der Waals surface area contributed by atoms with Gasteiger partial charge in [-0.15, -0.1) is 0 Å². The Morgan fingerprint density at radius 3 is 2.56 bits per heavy atom. The van der Waals surface area contributed by atoms with Gasteiger partial charge in [0.25, 0.3) is 0 Å². The van der Waals surface area contributed by atoms with Gasteiger partial charge in [0, 0.05) is 17.5 Å². The Hall–Kier alpha value is -2.72. The van der Waals surface area contributed by atoms with Gasteiger partial charge < -0.3 is 4.52 Å². The summed E-state index contributed by atoms with van der Waals surface area (Å²) in [5.74, 6) is 0.664. The van der Waals surface area contributed by atoms with Crippen LogP contribution in [0.15, 0.2) is 52.0 Å². The molecular formula is C22H19ClN2O2. The number of hydrogen-bond acceptors (Lipinski definition) is 4. The van der Waals surface area contributed by atoms with Crippen LogP contribution in [0.2, 0.25) is 5.02 Å². The molecule has 0 N–H and O–H groups in total. The van der Waals surface area contributed by atoms with Crippen LogP contribution in [-0.4, -0.2) is 16.7 Å². The minimum Gasteiger partial charge on any atom is -0.358 e. The van der Waals surface area contributed by atoms with Gasteiger partial charge in [-0.2, -0.15) is 0 Å². The summed E-state index contributed by atoms with van der Waals surface area (Å²) < 4.78 is 5.63. The van der Waals surface area contributed by atoms with Gasteiger partial charge in [0.1, 0.15) is 11.8 Å². The number of halogens is 1. The fourth-order valence-corrected chi connectivity index (χ4v) is 3.80. The third-order valence-corrected chi connectivity index (χ3v) is 5.12. The summed E-state index contributed by atoms with van der Waals surface area (Å²) >= 11 is 6.63. The van der Waals surface area contributed by atoms with Crippen LogP contribution in [0.4, 0.5) is 0 Å². The van der Waals surface area contributed by atoms with Crippen LogP contribution >= 0.6 is 11.6 Å². The number of fused-ring (bicyclic) bond motifs is 3. The molecule has 1 aromatic heterocycles. The maximum atomic E-state index is 11.9. The number of nitrogens with zero attached hydrogens (tertiary/aromatic N) is 2. The van der Waals surface area contributed by atoms with E-state index >= 15 is 0 Å². The molecule has 5 heteroatoms. The monoisotopic (exact) mass is 378 g/mol. The molecule has 0 saturated heterocycles. The maximum absolute atomic E-state index is 11.9. The highest BCUT2D eigenvalue weighted by Gasteiger charge is 2.31. The quantitative estimate of drug-likeness (QED) is 0.606. The Kier molecular flexibility index (Phi) is 4.44. The normalized spacial score (nSPS) is 15.6. The first-order valence-electron chi connectivity index (χ1n) is 8.85. The third-order valence-electron chi connectivity index (χ3n) is 4.80. The number of aryl methyl sites for hydroxylation is 2. The van der Waals surface area contributed by atoms with Crippen molar-refractivity contribution >= 4 is 23.1 Å². The van der Waals surface area contributed by atoms with Gasteiger partial charge in [-0.25, -0.2) is 0 Å². The Labute approximate surface area is 162 Å². The molecule has 0 saturated carbocycles. The predicted molar refractivity (Wildman–Crippen MR) is 107 cm³/mol. The van der Waals surface area contributed by atoms with Crippen LogP contribution < -0.4 is 0 Å². The first-order chi connectivity index (χ1) is 13.0. The molecule has 27 heavy (non-hydrogen) atoms. The first-order valence-corrected chi connectivity index (χ1v) is 9.23. The van der Waals surface area contributed by atoms with E-state index in [1.165, 1.54) is 5.56 Å². The summed E-state index contributed by atoms with van der Waals surface area (Å²) in [5.41, 5.74) is 6.32. The van der Waals surface area contributed by atoms with Crippen molar-refractivity contribution in [3.63, 3.8) is 0 Å². The van der Waals surface area contributed by atoms with Crippen molar-refractivity contribution in [1.82, 2.24) is 5.16 Å². The Morgan fingerprint density at radius 2 is 1.85 bits per heavy atom. The van der Waals surface area contributed by atoms with E-state index in [9.17, 15) is 4.79 Å². The van der Waals surface area contributed by atoms with Gasteiger partial charge in [-0.1, -0.05) is 58.7 Å². The molecule has 4 nitrogen and oxygen atoms in total. The number of Topliss-reactive ketones (excluding diaryl/α,β-unsaturated/α-hetero) is 1. The van der Waals surface area contributed by atoms with E-state index in [2.05, 4.69) is 5.16 Å². The largest absolute Gasteiger partial charge is 0.358 e. The minimum absolute atomic E-state index is 0.0454. The van der Waals surface area contributed by atoms with Crippen LogP contribution in [-0.2, 0) is 4.79 Å². The third kappa shape index (κ3) is 3.10. The van der Waals surface area contributed by atoms with Crippen LogP contribution in [0.5, 0.6) is 0 Å². The second-order valence-corrected chi connectivity index (χ2v) is 7.34. The molecule has 1 aliphatic heterocycles. The van der Waals surface area contributed by atoms with Gasteiger partial charge >= 0.3 is 0 Å². The van der Waals surface area contributed by atoms with Gasteiger partial charge in [0.05, 0.1) is 22.0 Å². The van der Waals surface area contributed by atoms with E-state index in [1.807, 2.05) is 56.3 Å². The van der Waals surface area contributed by atoms with Crippen molar-refractivity contribution in [2.24, 2.45) is 4.99 Å². The van der Waals surface area contributed by atoms with Gasteiger partial charge in [0.15, 0.2) is 5.76 Å². The molecule has 4 rings (SSSR count). The summed E-state index contributed by atoms with van der Waals surface area (Å²) in [7, 11) is 0. The van der Waals surface area contributed by atoms with E-state index in [0.29, 0.717) is 10.8 Å². The van der Waals surface area contributed by atoms with Crippen LogP contribution in [0.25, 0.3) is 11.1 Å². The molecule has 3 aromatic rings. The number of hydrogen-bond donors (Lipinski definition) is 0. The second-order valence-electron chi connectivity index (χ2n) is 6.94. The summed E-state index contributed by atoms with van der Waals surface area (Å²) in [6.45, 7) is 5.51. The lowest BCUT2D eigenvalue weighted by atomic mass is 9.92.